The largest absolute Gasteiger partial charge is 0.465 e. The van der Waals surface area contributed by atoms with Crippen LogP contribution in [0.25, 0.3) is 0 Å². The van der Waals surface area contributed by atoms with Crippen molar-refractivity contribution in [2.24, 2.45) is 0 Å². The van der Waals surface area contributed by atoms with Crippen LogP contribution in [0.4, 0.5) is 41.0 Å². The second-order valence-corrected chi connectivity index (χ2v) is 9.11. The molecule has 2 aliphatic heterocycles. The van der Waals surface area contributed by atoms with Gasteiger partial charge >= 0.3 is 6.09 Å². The number of nitrogens with zero attached hydrogens (tertiary/aromatic N) is 3. The molecule has 202 valence electrons. The summed E-state index contributed by atoms with van der Waals surface area (Å²) in [6, 6.07) is 7.40. The van der Waals surface area contributed by atoms with E-state index in [9.17, 15) is 23.2 Å². The van der Waals surface area contributed by atoms with Crippen LogP contribution in [0, 0.1) is 5.82 Å². The Bertz CT molecular complexity index is 1230. The molecule has 4 N–H and O–H groups in total. The molecule has 0 bridgehead atoms. The van der Waals surface area contributed by atoms with Gasteiger partial charge in [-0.05, 0) is 42.8 Å². The number of hydrogen-bond donors (Lipinski definition) is 4. The lowest BCUT2D eigenvalue weighted by Crippen LogP contribution is -2.39. The number of alkyl halides is 2. The van der Waals surface area contributed by atoms with E-state index in [0.29, 0.717) is 18.7 Å². The van der Waals surface area contributed by atoms with Crippen LogP contribution >= 0.6 is 0 Å². The molecule has 2 aliphatic rings. The average molecular weight is 533 g/mol. The summed E-state index contributed by atoms with van der Waals surface area (Å²) < 4.78 is 41.9. The number of pyridine rings is 1. The molecule has 0 aliphatic carbocycles. The second kappa shape index (κ2) is 11.0. The van der Waals surface area contributed by atoms with E-state index < -0.39 is 23.7 Å². The fourth-order valence-corrected chi connectivity index (χ4v) is 4.45. The molecule has 3 heterocycles. The molecular formula is C25H27F3N6O4. The van der Waals surface area contributed by atoms with Crippen molar-refractivity contribution in [2.45, 2.75) is 31.2 Å². The van der Waals surface area contributed by atoms with Gasteiger partial charge in [0.1, 0.15) is 5.82 Å². The number of imide groups is 1. The van der Waals surface area contributed by atoms with Crippen molar-refractivity contribution in [1.82, 2.24) is 15.6 Å². The van der Waals surface area contributed by atoms with Crippen molar-refractivity contribution >= 4 is 40.9 Å². The number of rotatable bonds is 7. The first kappa shape index (κ1) is 26.8. The first-order chi connectivity index (χ1) is 18.0. The molecule has 0 radical (unpaired) electrons. The first-order valence-corrected chi connectivity index (χ1v) is 12.0. The Kier molecular flexibility index (Phi) is 7.74. The SMILES string of the molecule is C=CC(=O)N[C@H]1CCN(c2nc(Nc3ccc(N4CCC(F)(F)CC4)cc3)c(F)cc2C(=O)NC(=O)O)C1. The van der Waals surface area contributed by atoms with Gasteiger partial charge in [-0.25, -0.2) is 22.9 Å². The van der Waals surface area contributed by atoms with Crippen LogP contribution in [-0.2, 0) is 4.79 Å². The van der Waals surface area contributed by atoms with E-state index in [-0.39, 0.29) is 61.6 Å². The summed E-state index contributed by atoms with van der Waals surface area (Å²) in [4.78, 5) is 43.0. The van der Waals surface area contributed by atoms with Gasteiger partial charge < -0.3 is 25.5 Å². The molecule has 0 spiro atoms. The van der Waals surface area contributed by atoms with Crippen molar-refractivity contribution in [3.05, 3.63) is 54.4 Å². The lowest BCUT2D eigenvalue weighted by molar-refractivity contribution is -0.117. The quantitative estimate of drug-likeness (QED) is 0.399. The molecule has 1 aromatic carbocycles. The van der Waals surface area contributed by atoms with Crippen molar-refractivity contribution in [2.75, 3.05) is 41.3 Å². The lowest BCUT2D eigenvalue weighted by Gasteiger charge is -2.33. The minimum Gasteiger partial charge on any atom is -0.465 e. The molecule has 13 heteroatoms. The van der Waals surface area contributed by atoms with Crippen molar-refractivity contribution < 1.29 is 32.7 Å². The fourth-order valence-electron chi connectivity index (χ4n) is 4.45. The maximum Gasteiger partial charge on any atom is 0.411 e. The number of aromatic nitrogens is 1. The monoisotopic (exact) mass is 532 g/mol. The van der Waals surface area contributed by atoms with E-state index in [1.165, 1.54) is 0 Å². The van der Waals surface area contributed by atoms with E-state index in [1.54, 1.807) is 34.5 Å². The van der Waals surface area contributed by atoms with E-state index in [0.717, 1.165) is 17.8 Å². The van der Waals surface area contributed by atoms with Crippen LogP contribution in [-0.4, -0.2) is 66.1 Å². The van der Waals surface area contributed by atoms with Gasteiger partial charge in [-0.15, -0.1) is 0 Å². The summed E-state index contributed by atoms with van der Waals surface area (Å²) in [5.74, 6) is -5.09. The first-order valence-electron chi connectivity index (χ1n) is 12.0. The molecule has 38 heavy (non-hydrogen) atoms. The number of anilines is 4. The molecule has 0 unspecified atom stereocenters. The van der Waals surface area contributed by atoms with Crippen LogP contribution in [0.2, 0.25) is 0 Å². The number of carbonyl (C=O) groups is 3. The van der Waals surface area contributed by atoms with Gasteiger partial charge in [0.25, 0.3) is 11.8 Å². The Labute approximate surface area is 216 Å². The van der Waals surface area contributed by atoms with Gasteiger partial charge in [-0.2, -0.15) is 0 Å². The van der Waals surface area contributed by atoms with Gasteiger partial charge in [-0.3, -0.25) is 14.9 Å². The number of nitrogens with one attached hydrogen (secondary N) is 3. The van der Waals surface area contributed by atoms with E-state index >= 15 is 4.39 Å². The van der Waals surface area contributed by atoms with E-state index in [4.69, 9.17) is 5.11 Å². The molecule has 3 amide bonds. The number of halogens is 3. The molecule has 1 aromatic heterocycles. The number of piperidine rings is 1. The smallest absolute Gasteiger partial charge is 0.411 e. The standard InChI is InChI=1S/C25H27F3N6O4/c1-2-20(35)29-16-7-10-34(14-16)22-18(23(36)32-24(37)38)13-19(26)21(31-22)30-15-3-5-17(6-4-15)33-11-8-25(27,28)9-12-33/h2-6,13,16H,1,7-12,14H2,(H,29,35)(H,30,31)(H,32,36)(H,37,38)/t16-/m0/s1. The minimum atomic E-state index is -2.65. The Hall–Kier alpha value is -4.29. The maximum atomic E-state index is 15.0. The molecule has 0 saturated carbocycles. The highest BCUT2D eigenvalue weighted by Gasteiger charge is 2.34. The van der Waals surface area contributed by atoms with Gasteiger partial charge in [-0.1, -0.05) is 6.58 Å². The van der Waals surface area contributed by atoms with Crippen LogP contribution in [0.5, 0.6) is 0 Å². The second-order valence-electron chi connectivity index (χ2n) is 9.11. The third-order valence-corrected chi connectivity index (χ3v) is 6.43. The topological polar surface area (TPSA) is 127 Å². The highest BCUT2D eigenvalue weighted by Crippen LogP contribution is 2.32. The number of benzene rings is 1. The summed E-state index contributed by atoms with van der Waals surface area (Å²) in [6.07, 6.45) is -0.384. The number of carboxylic acid groups (broad SMARTS) is 1. The predicted molar refractivity (Wildman–Crippen MR) is 135 cm³/mol. The molecule has 2 saturated heterocycles. The molecule has 2 aromatic rings. The minimum absolute atomic E-state index is 0.0499. The predicted octanol–water partition coefficient (Wildman–Crippen LogP) is 3.49. The van der Waals surface area contributed by atoms with Crippen LogP contribution in [0.15, 0.2) is 43.0 Å². The third kappa shape index (κ3) is 6.33. The van der Waals surface area contributed by atoms with Crippen LogP contribution in [0.1, 0.15) is 29.6 Å². The summed E-state index contributed by atoms with van der Waals surface area (Å²) in [5.41, 5.74) is 0.947. The van der Waals surface area contributed by atoms with Gasteiger partial charge in [0, 0.05) is 56.4 Å². The highest BCUT2D eigenvalue weighted by atomic mass is 19.3. The summed E-state index contributed by atoms with van der Waals surface area (Å²) >= 11 is 0. The maximum absolute atomic E-state index is 15.0. The summed E-state index contributed by atoms with van der Waals surface area (Å²) in [7, 11) is 0. The zero-order chi connectivity index (χ0) is 27.4. The van der Waals surface area contributed by atoms with Gasteiger partial charge in [0.2, 0.25) is 5.91 Å². The van der Waals surface area contributed by atoms with Gasteiger partial charge in [0.05, 0.1) is 5.56 Å². The normalized spacial score (nSPS) is 18.6. The van der Waals surface area contributed by atoms with Crippen molar-refractivity contribution in [1.29, 1.82) is 0 Å². The molecule has 4 rings (SSSR count). The Morgan fingerprint density at radius 1 is 1.11 bits per heavy atom. The highest BCUT2D eigenvalue weighted by molar-refractivity contribution is 6.06. The molecule has 10 nitrogen and oxygen atoms in total. The number of hydrogen-bond acceptors (Lipinski definition) is 7. The fraction of sp³-hybridized carbons (Fsp3) is 0.360. The third-order valence-electron chi connectivity index (χ3n) is 6.43. The van der Waals surface area contributed by atoms with E-state index in [1.807, 2.05) is 4.90 Å². The van der Waals surface area contributed by atoms with Crippen LogP contribution in [0.3, 0.4) is 0 Å². The lowest BCUT2D eigenvalue weighted by atomic mass is 10.1. The van der Waals surface area contributed by atoms with Crippen molar-refractivity contribution in [3.63, 3.8) is 0 Å². The summed E-state index contributed by atoms with van der Waals surface area (Å²) in [6.45, 7) is 4.50. The van der Waals surface area contributed by atoms with Gasteiger partial charge in [0.15, 0.2) is 11.6 Å². The van der Waals surface area contributed by atoms with Crippen molar-refractivity contribution in [3.8, 4) is 0 Å². The average Bonchev–Trinajstić information content (AvgIpc) is 3.33. The Morgan fingerprint density at radius 3 is 2.42 bits per heavy atom. The molecule has 1 atom stereocenters. The summed E-state index contributed by atoms with van der Waals surface area (Å²) in [5, 5.41) is 16.3. The Morgan fingerprint density at radius 2 is 1.79 bits per heavy atom. The number of carbonyl (C=O) groups excluding carboxylic acids is 2. The zero-order valence-electron chi connectivity index (χ0n) is 20.3. The zero-order valence-corrected chi connectivity index (χ0v) is 20.3. The van der Waals surface area contributed by atoms with Crippen LogP contribution < -0.4 is 25.8 Å². The van der Waals surface area contributed by atoms with E-state index in [2.05, 4.69) is 22.2 Å². The Balaban J connectivity index is 1.55. The molecule has 2 fully saturated rings. The molecular weight excluding hydrogens is 505 g/mol. The number of amides is 3.